The summed E-state index contributed by atoms with van der Waals surface area (Å²) in [5.41, 5.74) is 26.4. The average Bonchev–Trinajstić information content (AvgIpc) is 3.01. The van der Waals surface area contributed by atoms with Crippen LogP contribution in [0.1, 0.15) is 0 Å². The van der Waals surface area contributed by atoms with Crippen LogP contribution in [0.4, 0.5) is 34.1 Å². The van der Waals surface area contributed by atoms with Crippen LogP contribution in [0, 0.1) is 0 Å². The molecule has 45 heavy (non-hydrogen) atoms. The van der Waals surface area contributed by atoms with Gasteiger partial charge in [-0.15, -0.1) is 0 Å². The molecule has 0 spiro atoms. The highest BCUT2D eigenvalue weighted by Gasteiger charge is 2.18. The molecule has 6 aromatic carbocycles. The van der Waals surface area contributed by atoms with Gasteiger partial charge in [0.1, 0.15) is 4.90 Å². The van der Waals surface area contributed by atoms with Crippen LogP contribution >= 0.6 is 0 Å². The smallest absolute Gasteiger partial charge is 0.295 e. The second-order valence-electron chi connectivity index (χ2n) is 9.68. The third kappa shape index (κ3) is 8.19. The zero-order chi connectivity index (χ0) is 32.8. The number of benzene rings is 6. The Balaban J connectivity index is 0.000000169. The van der Waals surface area contributed by atoms with Crippen LogP contribution < -0.4 is 28.3 Å². The van der Waals surface area contributed by atoms with E-state index in [1.807, 2.05) is 66.7 Å². The van der Waals surface area contributed by atoms with Gasteiger partial charge >= 0.3 is 0 Å². The Morgan fingerprint density at radius 3 is 1.56 bits per heavy atom. The maximum absolute atomic E-state index is 11.6. The fraction of sp³-hybridized carbons (Fsp3) is 0. The summed E-state index contributed by atoms with van der Waals surface area (Å²) in [5, 5.41) is 6.14. The number of nitrogen functional groups attached to an aromatic ring is 4. The van der Waals surface area contributed by atoms with Crippen LogP contribution in [0.3, 0.4) is 0 Å². The maximum atomic E-state index is 11.6. The zero-order valence-corrected chi connectivity index (χ0v) is 25.3. The summed E-state index contributed by atoms with van der Waals surface area (Å²) in [7, 11) is -8.46. The van der Waals surface area contributed by atoms with E-state index in [0.717, 1.165) is 27.8 Å². The number of rotatable bonds is 4. The quantitative estimate of drug-likeness (QED) is 0.0878. The summed E-state index contributed by atoms with van der Waals surface area (Å²) in [5.74, 6) is 0. The Hall–Kier alpha value is -5.34. The Morgan fingerprint density at radius 2 is 1.02 bits per heavy atom. The van der Waals surface area contributed by atoms with Gasteiger partial charge in [-0.05, 0) is 60.7 Å². The van der Waals surface area contributed by atoms with E-state index in [9.17, 15) is 21.4 Å². The first-order chi connectivity index (χ1) is 21.3. The van der Waals surface area contributed by atoms with Crippen LogP contribution in [0.2, 0.25) is 0 Å². The van der Waals surface area contributed by atoms with E-state index in [-0.39, 0.29) is 9.79 Å². The summed E-state index contributed by atoms with van der Waals surface area (Å²) in [6, 6.07) is 34.3. The predicted octanol–water partition coefficient (Wildman–Crippen LogP) is 5.93. The van der Waals surface area contributed by atoms with Crippen molar-refractivity contribution in [3.63, 3.8) is 0 Å². The van der Waals surface area contributed by atoms with Gasteiger partial charge in [0.05, 0.1) is 4.90 Å². The second-order valence-corrected chi connectivity index (χ2v) is 12.5. The van der Waals surface area contributed by atoms with Gasteiger partial charge in [-0.2, -0.15) is 16.8 Å². The lowest BCUT2D eigenvalue weighted by Gasteiger charge is -2.13. The minimum absolute atomic E-state index is 0.171. The van der Waals surface area contributed by atoms with E-state index in [1.54, 1.807) is 24.3 Å². The van der Waals surface area contributed by atoms with Crippen molar-refractivity contribution >= 4 is 75.9 Å². The maximum Gasteiger partial charge on any atom is 0.295 e. The highest BCUT2D eigenvalue weighted by atomic mass is 32.2. The molecule has 232 valence electrons. The first-order valence-electron chi connectivity index (χ1n) is 13.2. The molecule has 0 aliphatic carbocycles. The SMILES string of the molecule is Nc1ccc(N)c2ccccc12.Nc1ccc(Nc2ccccc2)c2c(S(=O)(=O)O)cccc12.Nc1cccc(S(=O)(=O)O)c1. The molecule has 0 unspecified atom stereocenters. The third-order valence-electron chi connectivity index (χ3n) is 6.51. The summed E-state index contributed by atoms with van der Waals surface area (Å²) < 4.78 is 62.3. The van der Waals surface area contributed by atoms with Gasteiger partial charge < -0.3 is 28.3 Å². The molecule has 13 heteroatoms. The van der Waals surface area contributed by atoms with Gasteiger partial charge in [0, 0.05) is 55.7 Å². The summed E-state index contributed by atoms with van der Waals surface area (Å²) in [6.45, 7) is 0. The molecule has 0 aromatic heterocycles. The summed E-state index contributed by atoms with van der Waals surface area (Å²) in [6.07, 6.45) is 0. The highest BCUT2D eigenvalue weighted by Crippen LogP contribution is 2.35. The molecular formula is C32H31N5O6S2. The molecule has 0 saturated heterocycles. The van der Waals surface area contributed by atoms with Crippen LogP contribution in [0.5, 0.6) is 0 Å². The predicted molar refractivity (Wildman–Crippen MR) is 181 cm³/mol. The van der Waals surface area contributed by atoms with Crippen molar-refractivity contribution in [2.45, 2.75) is 9.79 Å². The topological polar surface area (TPSA) is 225 Å². The molecule has 0 amide bonds. The standard InChI is InChI=1S/C16H14N2O3S.C10H10N2.C6H7NO3S/c17-13-9-10-14(18-11-5-2-1-3-6-11)16-12(13)7-4-8-15(16)22(19,20)21;11-9-5-6-10(12)8-4-2-1-3-7(8)9;7-5-2-1-3-6(4-5)11(8,9)10/h1-10,18H,17H2,(H,19,20,21);1-6H,11-12H2;1-4H,7H2,(H,8,9,10). The monoisotopic (exact) mass is 645 g/mol. The number of anilines is 6. The van der Waals surface area contributed by atoms with E-state index < -0.39 is 20.2 Å². The Morgan fingerprint density at radius 1 is 0.511 bits per heavy atom. The Labute approximate surface area is 260 Å². The number of nitrogens with two attached hydrogens (primary N) is 4. The van der Waals surface area contributed by atoms with E-state index in [2.05, 4.69) is 5.32 Å². The van der Waals surface area contributed by atoms with Gasteiger partial charge in [0.15, 0.2) is 0 Å². The fourth-order valence-electron chi connectivity index (χ4n) is 4.41. The molecule has 0 atom stereocenters. The lowest BCUT2D eigenvalue weighted by Crippen LogP contribution is -2.02. The molecule has 6 aromatic rings. The van der Waals surface area contributed by atoms with Crippen LogP contribution in [0.25, 0.3) is 21.5 Å². The molecule has 6 rings (SSSR count). The molecular weight excluding hydrogens is 615 g/mol. The van der Waals surface area contributed by atoms with Gasteiger partial charge in [-0.25, -0.2) is 0 Å². The highest BCUT2D eigenvalue weighted by molar-refractivity contribution is 7.86. The lowest BCUT2D eigenvalue weighted by atomic mass is 10.1. The van der Waals surface area contributed by atoms with E-state index in [1.165, 1.54) is 30.3 Å². The van der Waals surface area contributed by atoms with Crippen LogP contribution in [0.15, 0.2) is 131 Å². The minimum Gasteiger partial charge on any atom is -0.399 e. The molecule has 0 bridgehead atoms. The number of hydrogen-bond donors (Lipinski definition) is 7. The number of hydrogen-bond acceptors (Lipinski definition) is 9. The number of fused-ring (bicyclic) bond motifs is 2. The molecule has 0 fully saturated rings. The zero-order valence-electron chi connectivity index (χ0n) is 23.7. The summed E-state index contributed by atoms with van der Waals surface area (Å²) in [4.78, 5) is -0.353. The first kappa shape index (κ1) is 32.6. The van der Waals surface area contributed by atoms with Gasteiger partial charge in [-0.1, -0.05) is 60.7 Å². The number of nitrogens with one attached hydrogen (secondary N) is 1. The van der Waals surface area contributed by atoms with Crippen molar-refractivity contribution in [2.75, 3.05) is 28.3 Å². The van der Waals surface area contributed by atoms with E-state index >= 15 is 0 Å². The Bertz CT molecular complexity index is 2150. The average molecular weight is 646 g/mol. The minimum atomic E-state index is -4.36. The second kappa shape index (κ2) is 13.5. The van der Waals surface area contributed by atoms with Crippen molar-refractivity contribution in [3.05, 3.63) is 121 Å². The van der Waals surface area contributed by atoms with Crippen molar-refractivity contribution in [2.24, 2.45) is 0 Å². The normalized spacial score (nSPS) is 11.2. The molecule has 0 saturated carbocycles. The van der Waals surface area contributed by atoms with Gasteiger partial charge in [-0.3, -0.25) is 9.11 Å². The fourth-order valence-corrected chi connectivity index (χ4v) is 5.68. The summed E-state index contributed by atoms with van der Waals surface area (Å²) >= 11 is 0. The van der Waals surface area contributed by atoms with Crippen molar-refractivity contribution in [1.29, 1.82) is 0 Å². The molecule has 0 aliphatic heterocycles. The van der Waals surface area contributed by atoms with E-state index in [0.29, 0.717) is 27.8 Å². The lowest BCUT2D eigenvalue weighted by molar-refractivity contribution is 0.481. The molecule has 11 nitrogen and oxygen atoms in total. The van der Waals surface area contributed by atoms with Gasteiger partial charge in [0.25, 0.3) is 20.2 Å². The molecule has 0 radical (unpaired) electrons. The molecule has 0 heterocycles. The van der Waals surface area contributed by atoms with Crippen molar-refractivity contribution in [3.8, 4) is 0 Å². The van der Waals surface area contributed by atoms with Crippen LogP contribution in [-0.4, -0.2) is 25.9 Å². The molecule has 0 aliphatic rings. The Kier molecular flexibility index (Phi) is 9.79. The van der Waals surface area contributed by atoms with Crippen molar-refractivity contribution < 1.29 is 25.9 Å². The van der Waals surface area contributed by atoms with Crippen LogP contribution in [-0.2, 0) is 20.2 Å². The largest absolute Gasteiger partial charge is 0.399 e. The van der Waals surface area contributed by atoms with E-state index in [4.69, 9.17) is 27.5 Å². The molecule has 11 N–H and O–H groups in total. The number of para-hydroxylation sites is 1. The van der Waals surface area contributed by atoms with Gasteiger partial charge in [0.2, 0.25) is 0 Å². The first-order valence-corrected chi connectivity index (χ1v) is 16.1. The van der Waals surface area contributed by atoms with Crippen molar-refractivity contribution in [1.82, 2.24) is 0 Å². The third-order valence-corrected chi connectivity index (χ3v) is 8.26.